The molecule has 0 spiro atoms. The first-order chi connectivity index (χ1) is 9.86. The van der Waals surface area contributed by atoms with Crippen molar-refractivity contribution < 1.29 is 19.1 Å². The number of benzene rings is 1. The Kier molecular flexibility index (Phi) is 6.02. The molecule has 0 aliphatic heterocycles. The first-order valence-corrected chi connectivity index (χ1v) is 6.89. The average molecular weight is 294 g/mol. The lowest BCUT2D eigenvalue weighted by Gasteiger charge is -2.17. The Hall–Kier alpha value is -2.24. The highest BCUT2D eigenvalue weighted by atomic mass is 16.5. The molecule has 1 amide bonds. The fraction of sp³-hybridized carbons (Fsp3) is 0.467. The number of esters is 1. The monoisotopic (exact) mass is 294 g/mol. The average Bonchev–Trinajstić information content (AvgIpc) is 2.38. The Bertz CT molecular complexity index is 514. The second kappa shape index (κ2) is 7.52. The van der Waals surface area contributed by atoms with Gasteiger partial charge in [-0.05, 0) is 39.8 Å². The van der Waals surface area contributed by atoms with Crippen LogP contribution in [0.5, 0.6) is 5.75 Å². The molecule has 0 bridgehead atoms. The summed E-state index contributed by atoms with van der Waals surface area (Å²) in [4.78, 5) is 24.0. The van der Waals surface area contributed by atoms with Gasteiger partial charge in [-0.1, -0.05) is 6.07 Å². The van der Waals surface area contributed by atoms with Crippen LogP contribution in [0.4, 0.5) is 5.69 Å². The number of rotatable bonds is 6. The highest BCUT2D eigenvalue weighted by molar-refractivity contribution is 5.99. The van der Waals surface area contributed by atoms with Crippen LogP contribution in [-0.4, -0.2) is 30.6 Å². The fourth-order valence-corrected chi connectivity index (χ4v) is 1.72. The summed E-state index contributed by atoms with van der Waals surface area (Å²) < 4.78 is 10.5. The van der Waals surface area contributed by atoms with Crippen LogP contribution in [-0.2, 0) is 9.53 Å². The van der Waals surface area contributed by atoms with E-state index in [1.54, 1.807) is 25.1 Å². The Morgan fingerprint density at radius 3 is 2.52 bits per heavy atom. The fourth-order valence-electron chi connectivity index (χ4n) is 1.72. The SMILES string of the molecule is CCOc1cccc(N)c1C(=O)OC(C)C(=O)NC(C)C. The van der Waals surface area contributed by atoms with Crippen LogP contribution >= 0.6 is 0 Å². The number of amides is 1. The van der Waals surface area contributed by atoms with Crippen LogP contribution < -0.4 is 15.8 Å². The zero-order valence-electron chi connectivity index (χ0n) is 12.8. The summed E-state index contributed by atoms with van der Waals surface area (Å²) in [5.41, 5.74) is 6.20. The van der Waals surface area contributed by atoms with E-state index in [2.05, 4.69) is 5.32 Å². The standard InChI is InChI=1S/C15H22N2O4/c1-5-20-12-8-6-7-11(16)13(12)15(19)21-10(4)14(18)17-9(2)3/h6-10H,5,16H2,1-4H3,(H,17,18). The molecule has 0 aromatic heterocycles. The van der Waals surface area contributed by atoms with Crippen LogP contribution in [0.3, 0.4) is 0 Å². The highest BCUT2D eigenvalue weighted by Gasteiger charge is 2.23. The van der Waals surface area contributed by atoms with Gasteiger partial charge in [0.2, 0.25) is 0 Å². The van der Waals surface area contributed by atoms with E-state index in [1.165, 1.54) is 6.92 Å². The first kappa shape index (κ1) is 16.8. The van der Waals surface area contributed by atoms with E-state index in [0.717, 1.165) is 0 Å². The Morgan fingerprint density at radius 1 is 1.29 bits per heavy atom. The predicted molar refractivity (Wildman–Crippen MR) is 80.2 cm³/mol. The van der Waals surface area contributed by atoms with Crippen molar-refractivity contribution in [3.8, 4) is 5.75 Å². The third-order valence-electron chi connectivity index (χ3n) is 2.65. The predicted octanol–water partition coefficient (Wildman–Crippen LogP) is 1.74. The minimum absolute atomic E-state index is 0.0283. The molecular formula is C15H22N2O4. The van der Waals surface area contributed by atoms with E-state index in [0.29, 0.717) is 12.4 Å². The van der Waals surface area contributed by atoms with Crippen molar-refractivity contribution in [1.29, 1.82) is 0 Å². The van der Waals surface area contributed by atoms with Crippen molar-refractivity contribution in [1.82, 2.24) is 5.32 Å². The Balaban J connectivity index is 2.87. The lowest BCUT2D eigenvalue weighted by molar-refractivity contribution is -0.129. The molecule has 0 saturated heterocycles. The van der Waals surface area contributed by atoms with Crippen LogP contribution in [0.15, 0.2) is 18.2 Å². The molecule has 0 saturated carbocycles. The van der Waals surface area contributed by atoms with Gasteiger partial charge in [0.1, 0.15) is 11.3 Å². The summed E-state index contributed by atoms with van der Waals surface area (Å²) in [5.74, 6) is -0.687. The van der Waals surface area contributed by atoms with Crippen molar-refractivity contribution in [3.63, 3.8) is 0 Å². The van der Waals surface area contributed by atoms with E-state index in [-0.39, 0.29) is 23.2 Å². The summed E-state index contributed by atoms with van der Waals surface area (Å²) in [6, 6.07) is 4.87. The van der Waals surface area contributed by atoms with Crippen molar-refractivity contribution in [3.05, 3.63) is 23.8 Å². The number of ether oxygens (including phenoxy) is 2. The number of carbonyl (C=O) groups excluding carboxylic acids is 2. The number of anilines is 1. The molecule has 1 aromatic rings. The van der Waals surface area contributed by atoms with E-state index >= 15 is 0 Å². The smallest absolute Gasteiger partial charge is 0.344 e. The molecule has 21 heavy (non-hydrogen) atoms. The van der Waals surface area contributed by atoms with Gasteiger partial charge in [0.25, 0.3) is 5.91 Å². The van der Waals surface area contributed by atoms with Gasteiger partial charge in [-0.3, -0.25) is 4.79 Å². The van der Waals surface area contributed by atoms with Gasteiger partial charge in [-0.2, -0.15) is 0 Å². The van der Waals surface area contributed by atoms with E-state index in [1.807, 2.05) is 13.8 Å². The van der Waals surface area contributed by atoms with Gasteiger partial charge in [0.15, 0.2) is 6.10 Å². The van der Waals surface area contributed by atoms with Gasteiger partial charge in [-0.25, -0.2) is 4.79 Å². The number of hydrogen-bond donors (Lipinski definition) is 2. The maximum absolute atomic E-state index is 12.2. The van der Waals surface area contributed by atoms with Crippen LogP contribution in [0.1, 0.15) is 38.1 Å². The maximum Gasteiger partial charge on any atom is 0.344 e. The summed E-state index contributed by atoms with van der Waals surface area (Å²) in [6.07, 6.45) is -0.908. The maximum atomic E-state index is 12.2. The van der Waals surface area contributed by atoms with Gasteiger partial charge in [0, 0.05) is 11.7 Å². The van der Waals surface area contributed by atoms with Crippen LogP contribution in [0.25, 0.3) is 0 Å². The Labute approximate surface area is 124 Å². The van der Waals surface area contributed by atoms with Crippen LogP contribution in [0.2, 0.25) is 0 Å². The Morgan fingerprint density at radius 2 is 1.95 bits per heavy atom. The second-order valence-electron chi connectivity index (χ2n) is 4.86. The summed E-state index contributed by atoms with van der Waals surface area (Å²) >= 11 is 0. The van der Waals surface area contributed by atoms with Crippen molar-refractivity contribution in [2.24, 2.45) is 0 Å². The molecule has 6 heteroatoms. The molecule has 0 fully saturated rings. The third kappa shape index (κ3) is 4.66. The number of nitrogen functional groups attached to an aromatic ring is 1. The lowest BCUT2D eigenvalue weighted by atomic mass is 10.1. The number of nitrogens with two attached hydrogens (primary N) is 1. The molecule has 1 atom stereocenters. The first-order valence-electron chi connectivity index (χ1n) is 6.89. The van der Waals surface area contributed by atoms with E-state index in [9.17, 15) is 9.59 Å². The summed E-state index contributed by atoms with van der Waals surface area (Å²) in [7, 11) is 0. The third-order valence-corrected chi connectivity index (χ3v) is 2.65. The summed E-state index contributed by atoms with van der Waals surface area (Å²) in [6.45, 7) is 7.36. The van der Waals surface area contributed by atoms with Gasteiger partial charge in [0.05, 0.1) is 6.61 Å². The molecule has 0 heterocycles. The van der Waals surface area contributed by atoms with Gasteiger partial charge in [-0.15, -0.1) is 0 Å². The molecule has 3 N–H and O–H groups in total. The van der Waals surface area contributed by atoms with Crippen molar-refractivity contribution >= 4 is 17.6 Å². The second-order valence-corrected chi connectivity index (χ2v) is 4.86. The largest absolute Gasteiger partial charge is 0.493 e. The topological polar surface area (TPSA) is 90.7 Å². The number of hydrogen-bond acceptors (Lipinski definition) is 5. The van der Waals surface area contributed by atoms with Gasteiger partial charge < -0.3 is 20.5 Å². The molecular weight excluding hydrogens is 272 g/mol. The minimum atomic E-state index is -0.908. The quantitative estimate of drug-likeness (QED) is 0.616. The molecule has 0 aliphatic rings. The molecule has 116 valence electrons. The molecule has 1 rings (SSSR count). The van der Waals surface area contributed by atoms with Gasteiger partial charge >= 0.3 is 5.97 Å². The molecule has 0 aliphatic carbocycles. The zero-order valence-corrected chi connectivity index (χ0v) is 12.8. The van der Waals surface area contributed by atoms with E-state index < -0.39 is 12.1 Å². The zero-order chi connectivity index (χ0) is 16.0. The number of carbonyl (C=O) groups is 2. The van der Waals surface area contributed by atoms with Crippen molar-refractivity contribution in [2.45, 2.75) is 39.8 Å². The number of nitrogens with one attached hydrogen (secondary N) is 1. The molecule has 1 aromatic carbocycles. The molecule has 6 nitrogen and oxygen atoms in total. The molecule has 0 radical (unpaired) electrons. The van der Waals surface area contributed by atoms with E-state index in [4.69, 9.17) is 15.2 Å². The normalized spacial score (nSPS) is 11.9. The summed E-state index contributed by atoms with van der Waals surface area (Å²) in [5, 5.41) is 2.68. The lowest BCUT2D eigenvalue weighted by Crippen LogP contribution is -2.39. The van der Waals surface area contributed by atoms with Crippen LogP contribution in [0, 0.1) is 0 Å². The molecule has 1 unspecified atom stereocenters. The highest BCUT2D eigenvalue weighted by Crippen LogP contribution is 2.25. The minimum Gasteiger partial charge on any atom is -0.493 e. The van der Waals surface area contributed by atoms with Crippen molar-refractivity contribution in [2.75, 3.05) is 12.3 Å².